The van der Waals surface area contributed by atoms with Crippen LogP contribution in [0.4, 0.5) is 13.2 Å². The molecule has 0 aliphatic carbocycles. The molecule has 1 amide bonds. The molecule has 1 saturated heterocycles. The van der Waals surface area contributed by atoms with Gasteiger partial charge in [-0.3, -0.25) is 4.79 Å². The lowest BCUT2D eigenvalue weighted by Gasteiger charge is -2.33. The number of amides is 1. The Kier molecular flexibility index (Phi) is 5.14. The molecule has 1 aliphatic heterocycles. The number of likely N-dealkylation sites (tertiary alicyclic amines) is 1. The Morgan fingerprint density at radius 2 is 1.82 bits per heavy atom. The molecule has 1 aromatic rings. The molecular weight excluding hydrogens is 291 g/mol. The minimum Gasteiger partial charge on any atom is -0.339 e. The summed E-state index contributed by atoms with van der Waals surface area (Å²) in [5.41, 5.74) is -1.08. The first kappa shape index (κ1) is 16.8. The molecule has 2 rings (SSSR count). The van der Waals surface area contributed by atoms with Crippen molar-refractivity contribution < 1.29 is 18.0 Å². The SMILES string of the molecule is CC(C)CC1CCN(C(=O)c2ccccc2C(F)(F)F)CC1. The summed E-state index contributed by atoms with van der Waals surface area (Å²) >= 11 is 0. The molecule has 0 saturated carbocycles. The second-order valence-electron chi connectivity index (χ2n) is 6.41. The third kappa shape index (κ3) is 4.02. The van der Waals surface area contributed by atoms with Gasteiger partial charge in [0.2, 0.25) is 0 Å². The quantitative estimate of drug-likeness (QED) is 0.798. The normalized spacial score (nSPS) is 17.1. The van der Waals surface area contributed by atoms with Crippen molar-refractivity contribution in [1.82, 2.24) is 4.90 Å². The Labute approximate surface area is 129 Å². The van der Waals surface area contributed by atoms with E-state index < -0.39 is 17.6 Å². The van der Waals surface area contributed by atoms with Gasteiger partial charge in [0.15, 0.2) is 0 Å². The van der Waals surface area contributed by atoms with Crippen molar-refractivity contribution in [2.24, 2.45) is 11.8 Å². The Morgan fingerprint density at radius 3 is 2.36 bits per heavy atom. The van der Waals surface area contributed by atoms with Gasteiger partial charge in [0.05, 0.1) is 11.1 Å². The van der Waals surface area contributed by atoms with E-state index in [4.69, 9.17) is 0 Å². The van der Waals surface area contributed by atoms with E-state index in [1.807, 2.05) is 0 Å². The van der Waals surface area contributed by atoms with Crippen LogP contribution in [0.2, 0.25) is 0 Å². The van der Waals surface area contributed by atoms with Crippen molar-refractivity contribution in [2.45, 2.75) is 39.3 Å². The fourth-order valence-corrected chi connectivity index (χ4v) is 3.13. The summed E-state index contributed by atoms with van der Waals surface area (Å²) in [4.78, 5) is 14.0. The lowest BCUT2D eigenvalue weighted by Crippen LogP contribution is -2.39. The molecule has 1 fully saturated rings. The van der Waals surface area contributed by atoms with Gasteiger partial charge in [-0.1, -0.05) is 26.0 Å². The summed E-state index contributed by atoms with van der Waals surface area (Å²) in [6, 6.07) is 5.03. The zero-order valence-electron chi connectivity index (χ0n) is 13.0. The van der Waals surface area contributed by atoms with Crippen LogP contribution in [0.1, 0.15) is 49.0 Å². The van der Waals surface area contributed by atoms with Crippen molar-refractivity contribution in [3.05, 3.63) is 35.4 Å². The minimum atomic E-state index is -4.50. The van der Waals surface area contributed by atoms with E-state index in [-0.39, 0.29) is 5.56 Å². The summed E-state index contributed by atoms with van der Waals surface area (Å²) in [5.74, 6) is 0.677. The average Bonchev–Trinajstić information content (AvgIpc) is 2.46. The summed E-state index contributed by atoms with van der Waals surface area (Å²) in [6.07, 6.45) is -1.64. The topological polar surface area (TPSA) is 20.3 Å². The highest BCUT2D eigenvalue weighted by molar-refractivity contribution is 5.96. The van der Waals surface area contributed by atoms with Crippen molar-refractivity contribution >= 4 is 5.91 Å². The number of piperidine rings is 1. The van der Waals surface area contributed by atoms with Crippen molar-refractivity contribution in [1.29, 1.82) is 0 Å². The van der Waals surface area contributed by atoms with Gasteiger partial charge < -0.3 is 4.90 Å². The molecule has 5 heteroatoms. The first-order valence-corrected chi connectivity index (χ1v) is 7.74. The number of carbonyl (C=O) groups is 1. The van der Waals surface area contributed by atoms with Crippen LogP contribution in [0.5, 0.6) is 0 Å². The van der Waals surface area contributed by atoms with Crippen molar-refractivity contribution in [3.8, 4) is 0 Å². The van der Waals surface area contributed by atoms with Crippen LogP contribution in [0.3, 0.4) is 0 Å². The van der Waals surface area contributed by atoms with E-state index in [0.717, 1.165) is 25.3 Å². The molecule has 1 heterocycles. The lowest BCUT2D eigenvalue weighted by atomic mass is 9.88. The molecule has 2 nitrogen and oxygen atoms in total. The Balaban J connectivity index is 2.08. The molecule has 122 valence electrons. The molecule has 0 aromatic heterocycles. The Bertz CT molecular complexity index is 517. The zero-order chi connectivity index (χ0) is 16.3. The zero-order valence-corrected chi connectivity index (χ0v) is 13.0. The molecule has 0 N–H and O–H groups in total. The average molecular weight is 313 g/mol. The fraction of sp³-hybridized carbons (Fsp3) is 0.588. The fourth-order valence-electron chi connectivity index (χ4n) is 3.13. The maximum Gasteiger partial charge on any atom is 0.417 e. The van der Waals surface area contributed by atoms with E-state index in [1.54, 1.807) is 4.90 Å². The number of nitrogens with zero attached hydrogens (tertiary/aromatic N) is 1. The molecule has 22 heavy (non-hydrogen) atoms. The molecule has 0 radical (unpaired) electrons. The van der Waals surface area contributed by atoms with E-state index in [1.165, 1.54) is 18.2 Å². The van der Waals surface area contributed by atoms with Gasteiger partial charge in [-0.15, -0.1) is 0 Å². The summed E-state index contributed by atoms with van der Waals surface area (Å²) < 4.78 is 39.0. The third-order valence-corrected chi connectivity index (χ3v) is 4.17. The highest BCUT2D eigenvalue weighted by atomic mass is 19.4. The molecule has 1 aliphatic rings. The first-order valence-electron chi connectivity index (χ1n) is 7.74. The van der Waals surface area contributed by atoms with E-state index in [0.29, 0.717) is 24.9 Å². The van der Waals surface area contributed by atoms with Gasteiger partial charge >= 0.3 is 6.18 Å². The number of hydrogen-bond acceptors (Lipinski definition) is 1. The maximum absolute atomic E-state index is 13.0. The van der Waals surface area contributed by atoms with Gasteiger partial charge in [0, 0.05) is 13.1 Å². The number of benzene rings is 1. The number of rotatable bonds is 3. The van der Waals surface area contributed by atoms with Crippen LogP contribution < -0.4 is 0 Å². The van der Waals surface area contributed by atoms with Crippen LogP contribution in [0.25, 0.3) is 0 Å². The molecule has 0 atom stereocenters. The largest absolute Gasteiger partial charge is 0.417 e. The van der Waals surface area contributed by atoms with Gasteiger partial charge in [0.25, 0.3) is 5.91 Å². The minimum absolute atomic E-state index is 0.239. The Morgan fingerprint density at radius 1 is 1.23 bits per heavy atom. The van der Waals surface area contributed by atoms with Crippen molar-refractivity contribution in [2.75, 3.05) is 13.1 Å². The summed E-state index contributed by atoms with van der Waals surface area (Å²) in [7, 11) is 0. The van der Waals surface area contributed by atoms with Crippen molar-refractivity contribution in [3.63, 3.8) is 0 Å². The van der Waals surface area contributed by atoms with Crippen LogP contribution in [0, 0.1) is 11.8 Å². The Hall–Kier alpha value is -1.52. The van der Waals surface area contributed by atoms with Crippen LogP contribution in [-0.2, 0) is 6.18 Å². The lowest BCUT2D eigenvalue weighted by molar-refractivity contribution is -0.138. The van der Waals surface area contributed by atoms with Crippen LogP contribution in [-0.4, -0.2) is 23.9 Å². The van der Waals surface area contributed by atoms with E-state index >= 15 is 0 Å². The molecular formula is C17H22F3NO. The highest BCUT2D eigenvalue weighted by Gasteiger charge is 2.36. The molecule has 0 bridgehead atoms. The smallest absolute Gasteiger partial charge is 0.339 e. The van der Waals surface area contributed by atoms with Gasteiger partial charge in [-0.2, -0.15) is 13.2 Å². The highest BCUT2D eigenvalue weighted by Crippen LogP contribution is 2.33. The number of hydrogen-bond donors (Lipinski definition) is 0. The molecule has 0 unspecified atom stereocenters. The number of alkyl halides is 3. The van der Waals surface area contributed by atoms with E-state index in [9.17, 15) is 18.0 Å². The summed E-state index contributed by atoms with van der Waals surface area (Å²) in [6.45, 7) is 5.42. The predicted molar refractivity (Wildman–Crippen MR) is 79.5 cm³/mol. The van der Waals surface area contributed by atoms with Crippen LogP contribution in [0.15, 0.2) is 24.3 Å². The first-order chi connectivity index (χ1) is 10.3. The predicted octanol–water partition coefficient (Wildman–Crippen LogP) is 4.60. The maximum atomic E-state index is 13.0. The monoisotopic (exact) mass is 313 g/mol. The van der Waals surface area contributed by atoms with Gasteiger partial charge in [-0.05, 0) is 43.2 Å². The number of halogens is 3. The third-order valence-electron chi connectivity index (χ3n) is 4.17. The van der Waals surface area contributed by atoms with Crippen LogP contribution >= 0.6 is 0 Å². The second-order valence-corrected chi connectivity index (χ2v) is 6.41. The molecule has 0 spiro atoms. The number of carbonyl (C=O) groups excluding carboxylic acids is 1. The van der Waals surface area contributed by atoms with Gasteiger partial charge in [-0.25, -0.2) is 0 Å². The second kappa shape index (κ2) is 6.71. The van der Waals surface area contributed by atoms with Gasteiger partial charge in [0.1, 0.15) is 0 Å². The van der Waals surface area contributed by atoms with E-state index in [2.05, 4.69) is 13.8 Å². The standard InChI is InChI=1S/C17H22F3NO/c1-12(2)11-13-7-9-21(10-8-13)16(22)14-5-3-4-6-15(14)17(18,19)20/h3-6,12-13H,7-11H2,1-2H3. The summed E-state index contributed by atoms with van der Waals surface area (Å²) in [5, 5.41) is 0. The molecule has 1 aromatic carbocycles.